The fraction of sp³-hybridized carbons (Fsp3) is 0. The largest absolute Gasteiger partial charge is 0.478 e. The normalized spacial score (nSPS) is 14.2. The molecule has 0 saturated carbocycles. The molecule has 0 aromatic heterocycles. The minimum atomic E-state index is -0.993. The van der Waals surface area contributed by atoms with Crippen molar-refractivity contribution in [1.29, 1.82) is 0 Å². The highest BCUT2D eigenvalue weighted by Crippen LogP contribution is 2.38. The summed E-state index contributed by atoms with van der Waals surface area (Å²) in [6, 6.07) is 21.1. The van der Waals surface area contributed by atoms with Gasteiger partial charge in [-0.15, -0.1) is 0 Å². The van der Waals surface area contributed by atoms with Crippen molar-refractivity contribution in [3.8, 4) is 0 Å². The lowest BCUT2D eigenvalue weighted by Crippen LogP contribution is -2.10. The zero-order valence-electron chi connectivity index (χ0n) is 14.8. The Morgan fingerprint density at radius 2 is 1.64 bits per heavy atom. The quantitative estimate of drug-likeness (QED) is 0.411. The summed E-state index contributed by atoms with van der Waals surface area (Å²) >= 11 is 0. The van der Waals surface area contributed by atoms with Gasteiger partial charge < -0.3 is 21.5 Å². The SMILES string of the molecule is Nc1ccc2c(c1)C(=C(Nc1ccc(C(=O)O)cc1)c1ccccc1)C(=O)N2. The summed E-state index contributed by atoms with van der Waals surface area (Å²) in [6.07, 6.45) is 0. The number of nitrogen functional groups attached to an aromatic ring is 1. The number of carbonyl (C=O) groups excluding carboxylic acids is 1. The van der Waals surface area contributed by atoms with Gasteiger partial charge in [0.05, 0.1) is 16.8 Å². The van der Waals surface area contributed by atoms with E-state index in [9.17, 15) is 9.59 Å². The average Bonchev–Trinajstić information content (AvgIpc) is 3.02. The molecule has 0 aliphatic carbocycles. The summed E-state index contributed by atoms with van der Waals surface area (Å²) in [5.74, 6) is -1.22. The number of hydrogen-bond acceptors (Lipinski definition) is 4. The number of carbonyl (C=O) groups is 2. The molecule has 0 fully saturated rings. The molecule has 1 aliphatic rings. The number of anilines is 3. The Kier molecular flexibility index (Phi) is 4.29. The van der Waals surface area contributed by atoms with Crippen molar-refractivity contribution in [1.82, 2.24) is 0 Å². The lowest BCUT2D eigenvalue weighted by Gasteiger charge is -2.15. The number of rotatable bonds is 4. The van der Waals surface area contributed by atoms with Gasteiger partial charge in [-0.3, -0.25) is 4.79 Å². The van der Waals surface area contributed by atoms with Crippen molar-refractivity contribution in [2.45, 2.75) is 0 Å². The van der Waals surface area contributed by atoms with E-state index in [1.54, 1.807) is 30.3 Å². The molecule has 6 heteroatoms. The standard InChI is InChI=1S/C22H17N3O3/c23-15-8-11-18-17(12-15)19(21(26)25-18)20(13-4-2-1-3-5-13)24-16-9-6-14(7-10-16)22(27)28/h1-12,24H,23H2,(H,25,26)(H,27,28). The van der Waals surface area contributed by atoms with Crippen LogP contribution in [0.1, 0.15) is 21.5 Å². The molecule has 1 aliphatic heterocycles. The second-order valence-electron chi connectivity index (χ2n) is 6.38. The van der Waals surface area contributed by atoms with Gasteiger partial charge in [0, 0.05) is 22.6 Å². The Bertz CT molecular complexity index is 1100. The second-order valence-corrected chi connectivity index (χ2v) is 6.38. The highest BCUT2D eigenvalue weighted by Gasteiger charge is 2.28. The van der Waals surface area contributed by atoms with Crippen molar-refractivity contribution in [3.63, 3.8) is 0 Å². The van der Waals surface area contributed by atoms with Crippen LogP contribution >= 0.6 is 0 Å². The number of fused-ring (bicyclic) bond motifs is 1. The van der Waals surface area contributed by atoms with Crippen LogP contribution in [0.2, 0.25) is 0 Å². The molecule has 3 aromatic carbocycles. The van der Waals surface area contributed by atoms with Crippen LogP contribution in [0.5, 0.6) is 0 Å². The summed E-state index contributed by atoms with van der Waals surface area (Å²) in [7, 11) is 0. The van der Waals surface area contributed by atoms with Crippen LogP contribution in [0.25, 0.3) is 11.3 Å². The molecule has 3 aromatic rings. The van der Waals surface area contributed by atoms with E-state index in [1.165, 1.54) is 12.1 Å². The van der Waals surface area contributed by atoms with Gasteiger partial charge in [0.2, 0.25) is 0 Å². The molecule has 1 amide bonds. The Morgan fingerprint density at radius 3 is 2.32 bits per heavy atom. The fourth-order valence-electron chi connectivity index (χ4n) is 3.16. The van der Waals surface area contributed by atoms with Gasteiger partial charge in [0.1, 0.15) is 0 Å². The number of hydrogen-bond donors (Lipinski definition) is 4. The molecule has 28 heavy (non-hydrogen) atoms. The molecular weight excluding hydrogens is 354 g/mol. The first-order valence-electron chi connectivity index (χ1n) is 8.64. The zero-order chi connectivity index (χ0) is 19.7. The number of carboxylic acids is 1. The van der Waals surface area contributed by atoms with E-state index >= 15 is 0 Å². The maximum absolute atomic E-state index is 12.8. The third-order valence-electron chi connectivity index (χ3n) is 4.50. The third-order valence-corrected chi connectivity index (χ3v) is 4.50. The van der Waals surface area contributed by atoms with E-state index in [4.69, 9.17) is 10.8 Å². The van der Waals surface area contributed by atoms with E-state index in [0.29, 0.717) is 28.3 Å². The molecule has 0 bridgehead atoms. The van der Waals surface area contributed by atoms with E-state index in [0.717, 1.165) is 11.1 Å². The highest BCUT2D eigenvalue weighted by atomic mass is 16.4. The molecule has 6 nitrogen and oxygen atoms in total. The molecular formula is C22H17N3O3. The number of benzene rings is 3. The molecule has 0 unspecified atom stereocenters. The molecule has 1 heterocycles. The molecule has 5 N–H and O–H groups in total. The number of nitrogens with one attached hydrogen (secondary N) is 2. The summed E-state index contributed by atoms with van der Waals surface area (Å²) < 4.78 is 0. The molecule has 0 radical (unpaired) electrons. The Morgan fingerprint density at radius 1 is 0.929 bits per heavy atom. The Balaban J connectivity index is 1.86. The summed E-state index contributed by atoms with van der Waals surface area (Å²) in [6.45, 7) is 0. The van der Waals surface area contributed by atoms with E-state index < -0.39 is 5.97 Å². The van der Waals surface area contributed by atoms with Crippen LogP contribution in [0, 0.1) is 0 Å². The highest BCUT2D eigenvalue weighted by molar-refractivity contribution is 6.37. The lowest BCUT2D eigenvalue weighted by atomic mass is 9.99. The minimum absolute atomic E-state index is 0.191. The van der Waals surface area contributed by atoms with Crippen molar-refractivity contribution < 1.29 is 14.7 Å². The predicted octanol–water partition coefficient (Wildman–Crippen LogP) is 3.90. The predicted molar refractivity (Wildman–Crippen MR) is 110 cm³/mol. The lowest BCUT2D eigenvalue weighted by molar-refractivity contribution is -0.110. The van der Waals surface area contributed by atoms with Crippen LogP contribution in [0.15, 0.2) is 72.8 Å². The van der Waals surface area contributed by atoms with Gasteiger partial charge >= 0.3 is 5.97 Å². The first-order valence-corrected chi connectivity index (χ1v) is 8.64. The van der Waals surface area contributed by atoms with Crippen LogP contribution in [-0.2, 0) is 4.79 Å². The van der Waals surface area contributed by atoms with Gasteiger partial charge in [-0.25, -0.2) is 4.79 Å². The zero-order valence-corrected chi connectivity index (χ0v) is 14.8. The molecule has 0 saturated heterocycles. The van der Waals surface area contributed by atoms with Gasteiger partial charge in [0.15, 0.2) is 0 Å². The Labute approximate surface area is 161 Å². The van der Waals surface area contributed by atoms with Crippen LogP contribution in [0.4, 0.5) is 17.1 Å². The smallest absolute Gasteiger partial charge is 0.335 e. The van der Waals surface area contributed by atoms with Crippen molar-refractivity contribution in [2.24, 2.45) is 0 Å². The third kappa shape index (κ3) is 3.19. The summed E-state index contributed by atoms with van der Waals surface area (Å²) in [5, 5.41) is 15.2. The van der Waals surface area contributed by atoms with E-state index in [-0.39, 0.29) is 11.5 Å². The van der Waals surface area contributed by atoms with Crippen LogP contribution in [0.3, 0.4) is 0 Å². The maximum Gasteiger partial charge on any atom is 0.335 e. The van der Waals surface area contributed by atoms with E-state index in [2.05, 4.69) is 10.6 Å². The fourth-order valence-corrected chi connectivity index (χ4v) is 3.16. The second kappa shape index (κ2) is 6.92. The molecule has 138 valence electrons. The van der Waals surface area contributed by atoms with Gasteiger partial charge in [-0.05, 0) is 48.0 Å². The van der Waals surface area contributed by atoms with Gasteiger partial charge in [-0.2, -0.15) is 0 Å². The minimum Gasteiger partial charge on any atom is -0.478 e. The van der Waals surface area contributed by atoms with Crippen molar-refractivity contribution in [2.75, 3.05) is 16.4 Å². The number of nitrogens with two attached hydrogens (primary N) is 1. The maximum atomic E-state index is 12.8. The van der Waals surface area contributed by atoms with Crippen LogP contribution in [-0.4, -0.2) is 17.0 Å². The van der Waals surface area contributed by atoms with Crippen molar-refractivity contribution in [3.05, 3.63) is 89.5 Å². The number of carboxylic acid groups (broad SMARTS) is 1. The van der Waals surface area contributed by atoms with Crippen molar-refractivity contribution >= 4 is 40.2 Å². The molecule has 0 spiro atoms. The van der Waals surface area contributed by atoms with Gasteiger partial charge in [0.25, 0.3) is 5.91 Å². The topological polar surface area (TPSA) is 104 Å². The van der Waals surface area contributed by atoms with Gasteiger partial charge in [-0.1, -0.05) is 30.3 Å². The number of aromatic carboxylic acids is 1. The van der Waals surface area contributed by atoms with Crippen LogP contribution < -0.4 is 16.4 Å². The summed E-state index contributed by atoms with van der Waals surface area (Å²) in [4.78, 5) is 23.8. The Hall–Kier alpha value is -4.06. The number of amides is 1. The first-order chi connectivity index (χ1) is 13.5. The first kappa shape index (κ1) is 17.4. The molecule has 4 rings (SSSR count). The summed E-state index contributed by atoms with van der Waals surface area (Å²) in [5.41, 5.74) is 10.7. The van der Waals surface area contributed by atoms with E-state index in [1.807, 2.05) is 30.3 Å². The average molecular weight is 371 g/mol. The molecule has 0 atom stereocenters. The monoisotopic (exact) mass is 371 g/mol.